The third-order valence-corrected chi connectivity index (χ3v) is 5.08. The van der Waals surface area contributed by atoms with Gasteiger partial charge >= 0.3 is 0 Å². The summed E-state index contributed by atoms with van der Waals surface area (Å²) in [5, 5.41) is 5.69. The summed E-state index contributed by atoms with van der Waals surface area (Å²) in [6, 6.07) is 13.0. The minimum Gasteiger partial charge on any atom is -0.495 e. The largest absolute Gasteiger partial charge is 0.495 e. The van der Waals surface area contributed by atoms with Crippen LogP contribution < -0.4 is 20.3 Å². The van der Waals surface area contributed by atoms with Crippen molar-refractivity contribution in [3.63, 3.8) is 0 Å². The molecular formula is C23H31N3O3. The van der Waals surface area contributed by atoms with E-state index in [0.717, 1.165) is 24.3 Å². The Morgan fingerprint density at radius 3 is 2.10 bits per heavy atom. The van der Waals surface area contributed by atoms with Crippen molar-refractivity contribution in [1.82, 2.24) is 0 Å². The predicted molar refractivity (Wildman–Crippen MR) is 119 cm³/mol. The molecule has 2 amide bonds. The van der Waals surface area contributed by atoms with Crippen LogP contribution in [0.15, 0.2) is 42.5 Å². The van der Waals surface area contributed by atoms with Gasteiger partial charge in [0, 0.05) is 24.5 Å². The van der Waals surface area contributed by atoms with Crippen molar-refractivity contribution in [1.29, 1.82) is 0 Å². The molecule has 156 valence electrons. The molecule has 29 heavy (non-hydrogen) atoms. The molecule has 0 atom stereocenters. The van der Waals surface area contributed by atoms with E-state index in [-0.39, 0.29) is 5.91 Å². The summed E-state index contributed by atoms with van der Waals surface area (Å²) in [4.78, 5) is 27.9. The molecule has 2 aromatic rings. The lowest BCUT2D eigenvalue weighted by atomic mass is 9.90. The first-order valence-corrected chi connectivity index (χ1v) is 9.86. The van der Waals surface area contributed by atoms with Gasteiger partial charge in [0.2, 0.25) is 11.8 Å². The molecule has 2 aromatic carbocycles. The summed E-state index contributed by atoms with van der Waals surface area (Å²) in [7, 11) is 1.54. The zero-order valence-corrected chi connectivity index (χ0v) is 18.1. The van der Waals surface area contributed by atoms with Gasteiger partial charge in [-0.2, -0.15) is 0 Å². The maximum Gasteiger partial charge on any atom is 0.239 e. The number of anilines is 3. The number of benzene rings is 2. The number of aryl methyl sites for hydroxylation is 1. The molecule has 0 aliphatic rings. The van der Waals surface area contributed by atoms with E-state index >= 15 is 0 Å². The number of nitrogens with zero attached hydrogens (tertiary/aromatic N) is 1. The van der Waals surface area contributed by atoms with Crippen molar-refractivity contribution in [3.8, 4) is 5.75 Å². The topological polar surface area (TPSA) is 70.7 Å². The Kier molecular flexibility index (Phi) is 7.26. The normalized spacial score (nSPS) is 11.0. The molecule has 0 aliphatic heterocycles. The highest BCUT2D eigenvalue weighted by Gasteiger charge is 2.36. The number of hydrogen-bond donors (Lipinski definition) is 2. The van der Waals surface area contributed by atoms with Gasteiger partial charge in [-0.1, -0.05) is 12.1 Å². The maximum atomic E-state index is 12.9. The number of rotatable bonds is 8. The minimum atomic E-state index is -1.27. The number of amides is 2. The molecular weight excluding hydrogens is 366 g/mol. The summed E-state index contributed by atoms with van der Waals surface area (Å²) in [5.41, 5.74) is 2.01. The summed E-state index contributed by atoms with van der Waals surface area (Å²) in [6.07, 6.45) is 0. The predicted octanol–water partition coefficient (Wildman–Crippen LogP) is 4.45. The number of nitrogens with one attached hydrogen (secondary N) is 2. The standard InChI is InChI=1S/C23H31N3O3/c1-7-26(8-2)17-13-14-18(16(3)15-17)24-21(27)23(4,5)22(28)25-19-11-9-10-12-20(19)29-6/h9-15H,7-8H2,1-6H3,(H,24,27)(H,25,28). The monoisotopic (exact) mass is 397 g/mol. The van der Waals surface area contributed by atoms with Crippen LogP contribution in [0.25, 0.3) is 0 Å². The van der Waals surface area contributed by atoms with Crippen LogP contribution in [0.1, 0.15) is 33.3 Å². The first kappa shape index (κ1) is 22.3. The second-order valence-electron chi connectivity index (χ2n) is 7.41. The lowest BCUT2D eigenvalue weighted by Crippen LogP contribution is -2.41. The van der Waals surface area contributed by atoms with Gasteiger partial charge in [-0.15, -0.1) is 0 Å². The number of methoxy groups -OCH3 is 1. The Bertz CT molecular complexity index is 873. The summed E-state index contributed by atoms with van der Waals surface area (Å²) < 4.78 is 5.26. The van der Waals surface area contributed by atoms with Crippen LogP contribution in [0.5, 0.6) is 5.75 Å². The van der Waals surface area contributed by atoms with E-state index < -0.39 is 11.3 Å². The van der Waals surface area contributed by atoms with Gasteiger partial charge in [0.1, 0.15) is 11.2 Å². The molecule has 2 N–H and O–H groups in total. The van der Waals surface area contributed by atoms with Crippen LogP contribution in [0.3, 0.4) is 0 Å². The van der Waals surface area contributed by atoms with E-state index in [1.807, 2.05) is 31.2 Å². The van der Waals surface area contributed by atoms with E-state index in [2.05, 4.69) is 29.4 Å². The van der Waals surface area contributed by atoms with Crippen LogP contribution in [-0.4, -0.2) is 32.0 Å². The van der Waals surface area contributed by atoms with Crippen LogP contribution in [-0.2, 0) is 9.59 Å². The fourth-order valence-corrected chi connectivity index (χ4v) is 2.98. The molecule has 2 rings (SSSR count). The fraction of sp³-hybridized carbons (Fsp3) is 0.391. The van der Waals surface area contributed by atoms with Crippen LogP contribution >= 0.6 is 0 Å². The van der Waals surface area contributed by atoms with Gasteiger partial charge in [-0.05, 0) is 70.5 Å². The molecule has 0 radical (unpaired) electrons. The number of hydrogen-bond acceptors (Lipinski definition) is 4. The van der Waals surface area contributed by atoms with E-state index in [0.29, 0.717) is 17.1 Å². The lowest BCUT2D eigenvalue weighted by Gasteiger charge is -2.25. The SMILES string of the molecule is CCN(CC)c1ccc(NC(=O)C(C)(C)C(=O)Nc2ccccc2OC)c(C)c1. The molecule has 0 saturated heterocycles. The summed E-state index contributed by atoms with van der Waals surface area (Å²) in [6.45, 7) is 11.2. The van der Waals surface area contributed by atoms with Gasteiger partial charge in [-0.3, -0.25) is 9.59 Å². The van der Waals surface area contributed by atoms with Gasteiger partial charge in [0.05, 0.1) is 12.8 Å². The van der Waals surface area contributed by atoms with Gasteiger partial charge in [0.25, 0.3) is 0 Å². The Morgan fingerprint density at radius 1 is 0.966 bits per heavy atom. The molecule has 0 heterocycles. The minimum absolute atomic E-state index is 0.372. The highest BCUT2D eigenvalue weighted by atomic mass is 16.5. The number of carbonyl (C=O) groups excluding carboxylic acids is 2. The van der Waals surface area contributed by atoms with Crippen molar-refractivity contribution in [2.45, 2.75) is 34.6 Å². The molecule has 0 unspecified atom stereocenters. The second kappa shape index (κ2) is 9.45. The third-order valence-electron chi connectivity index (χ3n) is 5.08. The average molecular weight is 398 g/mol. The van der Waals surface area contributed by atoms with Crippen molar-refractivity contribution < 1.29 is 14.3 Å². The fourth-order valence-electron chi connectivity index (χ4n) is 2.98. The number of carbonyl (C=O) groups is 2. The van der Waals surface area contributed by atoms with E-state index in [9.17, 15) is 9.59 Å². The number of para-hydroxylation sites is 2. The Morgan fingerprint density at radius 2 is 1.55 bits per heavy atom. The van der Waals surface area contributed by atoms with Gasteiger partial charge in [-0.25, -0.2) is 0 Å². The molecule has 0 saturated carbocycles. The van der Waals surface area contributed by atoms with Crippen molar-refractivity contribution in [3.05, 3.63) is 48.0 Å². The molecule has 6 nitrogen and oxygen atoms in total. The summed E-state index contributed by atoms with van der Waals surface area (Å²) in [5.74, 6) is -0.236. The zero-order valence-electron chi connectivity index (χ0n) is 18.1. The van der Waals surface area contributed by atoms with E-state index in [1.54, 1.807) is 32.0 Å². The average Bonchev–Trinajstić information content (AvgIpc) is 2.71. The molecule has 0 spiro atoms. The lowest BCUT2D eigenvalue weighted by molar-refractivity contribution is -0.135. The van der Waals surface area contributed by atoms with Gasteiger partial charge < -0.3 is 20.3 Å². The van der Waals surface area contributed by atoms with Crippen LogP contribution in [0, 0.1) is 12.3 Å². The molecule has 0 bridgehead atoms. The molecule has 0 fully saturated rings. The molecule has 6 heteroatoms. The highest BCUT2D eigenvalue weighted by Crippen LogP contribution is 2.28. The Hall–Kier alpha value is -3.02. The number of ether oxygens (including phenoxy) is 1. The molecule has 0 aromatic heterocycles. The smallest absolute Gasteiger partial charge is 0.239 e. The second-order valence-corrected chi connectivity index (χ2v) is 7.41. The van der Waals surface area contributed by atoms with Crippen molar-refractivity contribution in [2.75, 3.05) is 35.7 Å². The van der Waals surface area contributed by atoms with Crippen molar-refractivity contribution >= 4 is 28.9 Å². The first-order valence-electron chi connectivity index (χ1n) is 9.86. The quantitative estimate of drug-likeness (QED) is 0.646. The van der Waals surface area contributed by atoms with E-state index in [4.69, 9.17) is 4.74 Å². The maximum absolute atomic E-state index is 12.9. The first-order chi connectivity index (χ1) is 13.7. The van der Waals surface area contributed by atoms with Crippen molar-refractivity contribution in [2.24, 2.45) is 5.41 Å². The third kappa shape index (κ3) is 5.08. The van der Waals surface area contributed by atoms with E-state index in [1.165, 1.54) is 7.11 Å². The summed E-state index contributed by atoms with van der Waals surface area (Å²) >= 11 is 0. The molecule has 0 aliphatic carbocycles. The Balaban J connectivity index is 2.15. The van der Waals surface area contributed by atoms with Gasteiger partial charge in [0.15, 0.2) is 0 Å². The zero-order chi connectivity index (χ0) is 21.6. The van der Waals surface area contributed by atoms with Crippen LogP contribution in [0.4, 0.5) is 17.1 Å². The van der Waals surface area contributed by atoms with Crippen LogP contribution in [0.2, 0.25) is 0 Å². The highest BCUT2D eigenvalue weighted by molar-refractivity contribution is 6.14. The Labute approximate surface area is 173 Å².